The quantitative estimate of drug-likeness (QED) is 0.172. The lowest BCUT2D eigenvalue weighted by Gasteiger charge is -2.45. The van der Waals surface area contributed by atoms with E-state index in [1.165, 1.54) is 5.56 Å². The van der Waals surface area contributed by atoms with Gasteiger partial charge in [0.1, 0.15) is 48.8 Å². The van der Waals surface area contributed by atoms with Crippen molar-refractivity contribution in [3.05, 3.63) is 35.9 Å². The van der Waals surface area contributed by atoms with Crippen molar-refractivity contribution in [2.75, 3.05) is 19.8 Å². The number of rotatable bonds is 11. The molecule has 3 rings (SSSR count). The minimum atomic E-state index is -1.71. The first-order valence-corrected chi connectivity index (χ1v) is 11.6. The molecule has 11 heteroatoms. The molecule has 0 saturated carbocycles. The highest BCUT2D eigenvalue weighted by Gasteiger charge is 2.50. The highest BCUT2D eigenvalue weighted by Crippen LogP contribution is 2.29. The molecular formula is C23H36O11. The van der Waals surface area contributed by atoms with Gasteiger partial charge in [-0.25, -0.2) is 0 Å². The number of ether oxygens (including phenoxy) is 4. The zero-order valence-electron chi connectivity index (χ0n) is 18.9. The van der Waals surface area contributed by atoms with E-state index in [0.29, 0.717) is 6.42 Å². The predicted octanol–water partition coefficient (Wildman–Crippen LogP) is -1.96. The second-order valence-corrected chi connectivity index (χ2v) is 8.67. The van der Waals surface area contributed by atoms with Crippen LogP contribution in [-0.2, 0) is 25.4 Å². The number of aliphatic hydroxyl groups excluding tert-OH is 7. The Morgan fingerprint density at radius 2 is 1.32 bits per heavy atom. The van der Waals surface area contributed by atoms with E-state index in [1.807, 2.05) is 18.2 Å². The highest BCUT2D eigenvalue weighted by molar-refractivity contribution is 5.14. The van der Waals surface area contributed by atoms with Crippen LogP contribution in [0.4, 0.5) is 0 Å². The van der Waals surface area contributed by atoms with E-state index >= 15 is 0 Å². The molecule has 10 atom stereocenters. The van der Waals surface area contributed by atoms with Gasteiger partial charge < -0.3 is 54.7 Å². The van der Waals surface area contributed by atoms with Crippen molar-refractivity contribution in [1.82, 2.24) is 0 Å². The first-order chi connectivity index (χ1) is 16.4. The second kappa shape index (κ2) is 13.2. The molecular weight excluding hydrogens is 452 g/mol. The van der Waals surface area contributed by atoms with Crippen LogP contribution < -0.4 is 0 Å². The summed E-state index contributed by atoms with van der Waals surface area (Å²) in [5.74, 6) is 0. The smallest absolute Gasteiger partial charge is 0.187 e. The topological polar surface area (TPSA) is 179 Å². The zero-order valence-corrected chi connectivity index (χ0v) is 18.9. The summed E-state index contributed by atoms with van der Waals surface area (Å²) in [6, 6.07) is 10.1. The third kappa shape index (κ3) is 6.71. The van der Waals surface area contributed by atoms with Gasteiger partial charge in [-0.2, -0.15) is 0 Å². The van der Waals surface area contributed by atoms with Crippen LogP contribution in [0.15, 0.2) is 30.3 Å². The summed E-state index contributed by atoms with van der Waals surface area (Å²) in [5, 5.41) is 70.2. The molecule has 0 amide bonds. The number of unbranched alkanes of at least 4 members (excludes halogenated alkanes) is 2. The van der Waals surface area contributed by atoms with Crippen molar-refractivity contribution in [2.24, 2.45) is 0 Å². The maximum atomic E-state index is 10.7. The maximum absolute atomic E-state index is 10.7. The molecule has 0 radical (unpaired) electrons. The Morgan fingerprint density at radius 3 is 2.00 bits per heavy atom. The fourth-order valence-corrected chi connectivity index (χ4v) is 4.14. The standard InChI is InChI=1S/C23H36O11/c24-11-14-16(26)18(28)19(29)23(33-14)34-21-17(27)15(12-25)32-22(20(21)30)31-10-6-2-5-9-13-7-3-1-4-8-13/h1,3-4,7-8,14-30H,2,5-6,9-12H2/t14-,15-,16-,17-,18+,19-,20-,21+,22-,23+/m1/s1. The van der Waals surface area contributed by atoms with Gasteiger partial charge in [-0.15, -0.1) is 0 Å². The molecule has 0 bridgehead atoms. The monoisotopic (exact) mass is 488 g/mol. The van der Waals surface area contributed by atoms with E-state index in [4.69, 9.17) is 18.9 Å². The van der Waals surface area contributed by atoms with E-state index in [-0.39, 0.29) is 6.61 Å². The fraction of sp³-hybridized carbons (Fsp3) is 0.739. The lowest BCUT2D eigenvalue weighted by atomic mass is 9.97. The molecule has 34 heavy (non-hydrogen) atoms. The Hall–Kier alpha value is -1.22. The minimum absolute atomic E-state index is 0.261. The van der Waals surface area contributed by atoms with E-state index in [0.717, 1.165) is 19.3 Å². The van der Waals surface area contributed by atoms with Crippen molar-refractivity contribution in [3.8, 4) is 0 Å². The Morgan fingerprint density at radius 1 is 0.676 bits per heavy atom. The van der Waals surface area contributed by atoms with Crippen LogP contribution >= 0.6 is 0 Å². The lowest BCUT2D eigenvalue weighted by molar-refractivity contribution is -0.360. The molecule has 0 aromatic heterocycles. The lowest BCUT2D eigenvalue weighted by Crippen LogP contribution is -2.64. The van der Waals surface area contributed by atoms with E-state index in [9.17, 15) is 35.7 Å². The average Bonchev–Trinajstić information content (AvgIpc) is 2.85. The van der Waals surface area contributed by atoms with Gasteiger partial charge in [0, 0.05) is 6.61 Å². The highest BCUT2D eigenvalue weighted by atomic mass is 16.7. The summed E-state index contributed by atoms with van der Waals surface area (Å²) < 4.78 is 22.0. The third-order valence-electron chi connectivity index (χ3n) is 6.20. The summed E-state index contributed by atoms with van der Waals surface area (Å²) in [5.41, 5.74) is 1.25. The van der Waals surface area contributed by atoms with Gasteiger partial charge in [0.25, 0.3) is 0 Å². The molecule has 7 N–H and O–H groups in total. The molecule has 0 spiro atoms. The molecule has 0 unspecified atom stereocenters. The van der Waals surface area contributed by atoms with E-state index in [2.05, 4.69) is 12.1 Å². The summed E-state index contributed by atoms with van der Waals surface area (Å²) in [6.07, 6.45) is -11.0. The van der Waals surface area contributed by atoms with E-state index in [1.54, 1.807) is 0 Å². The molecule has 2 aliphatic rings. The molecule has 2 saturated heterocycles. The second-order valence-electron chi connectivity index (χ2n) is 8.67. The molecule has 2 aliphatic heterocycles. The SMILES string of the molecule is OC[C@H]1O[C@@H](O[C@@H]2[C@@H](O)[C@H](OCCCCCc3ccccc3)O[C@H](CO)[C@H]2O)[C@H](O)[C@@H](O)[C@@H]1O. The Kier molecular flexibility index (Phi) is 10.6. The van der Waals surface area contributed by atoms with Crippen LogP contribution in [0, 0.1) is 0 Å². The third-order valence-corrected chi connectivity index (χ3v) is 6.20. The average molecular weight is 489 g/mol. The van der Waals surface area contributed by atoms with Gasteiger partial charge in [0.15, 0.2) is 12.6 Å². The van der Waals surface area contributed by atoms with Gasteiger partial charge in [0.2, 0.25) is 0 Å². The van der Waals surface area contributed by atoms with Gasteiger partial charge in [-0.1, -0.05) is 36.8 Å². The summed E-state index contributed by atoms with van der Waals surface area (Å²) >= 11 is 0. The van der Waals surface area contributed by atoms with Crippen LogP contribution in [0.5, 0.6) is 0 Å². The van der Waals surface area contributed by atoms with Gasteiger partial charge in [0.05, 0.1) is 13.2 Å². The van der Waals surface area contributed by atoms with Crippen molar-refractivity contribution in [3.63, 3.8) is 0 Å². The summed E-state index contributed by atoms with van der Waals surface area (Å²) in [7, 11) is 0. The van der Waals surface area contributed by atoms with Gasteiger partial charge in [-0.3, -0.25) is 0 Å². The van der Waals surface area contributed by atoms with Gasteiger partial charge >= 0.3 is 0 Å². The van der Waals surface area contributed by atoms with Crippen molar-refractivity contribution < 1.29 is 54.7 Å². The zero-order chi connectivity index (χ0) is 24.7. The number of benzene rings is 1. The first kappa shape index (κ1) is 27.4. The number of aryl methyl sites for hydroxylation is 1. The molecule has 11 nitrogen and oxygen atoms in total. The van der Waals surface area contributed by atoms with Crippen LogP contribution in [0.25, 0.3) is 0 Å². The minimum Gasteiger partial charge on any atom is -0.394 e. The summed E-state index contributed by atoms with van der Waals surface area (Å²) in [4.78, 5) is 0. The van der Waals surface area contributed by atoms with Crippen LogP contribution in [-0.4, -0.2) is 117 Å². The van der Waals surface area contributed by atoms with Crippen LogP contribution in [0.3, 0.4) is 0 Å². The largest absolute Gasteiger partial charge is 0.394 e. The first-order valence-electron chi connectivity index (χ1n) is 11.6. The van der Waals surface area contributed by atoms with Crippen molar-refractivity contribution in [1.29, 1.82) is 0 Å². The summed E-state index contributed by atoms with van der Waals surface area (Å²) in [6.45, 7) is -0.976. The van der Waals surface area contributed by atoms with Crippen LogP contribution in [0.2, 0.25) is 0 Å². The van der Waals surface area contributed by atoms with Crippen LogP contribution in [0.1, 0.15) is 24.8 Å². The Balaban J connectivity index is 1.52. The number of aliphatic hydroxyl groups is 7. The normalized spacial score (nSPS) is 38.7. The van der Waals surface area contributed by atoms with Crippen molar-refractivity contribution >= 4 is 0 Å². The van der Waals surface area contributed by atoms with Gasteiger partial charge in [-0.05, 0) is 24.8 Å². The maximum Gasteiger partial charge on any atom is 0.187 e. The van der Waals surface area contributed by atoms with E-state index < -0.39 is 74.6 Å². The molecule has 1 aromatic carbocycles. The fourth-order valence-electron chi connectivity index (χ4n) is 4.14. The molecule has 0 aliphatic carbocycles. The Labute approximate surface area is 198 Å². The molecule has 1 aromatic rings. The molecule has 194 valence electrons. The number of hydrogen-bond acceptors (Lipinski definition) is 11. The predicted molar refractivity (Wildman–Crippen MR) is 116 cm³/mol. The molecule has 2 fully saturated rings. The molecule has 2 heterocycles. The van der Waals surface area contributed by atoms with Crippen molar-refractivity contribution in [2.45, 2.75) is 87.1 Å². The number of hydrogen-bond donors (Lipinski definition) is 7. The Bertz CT molecular complexity index is 705.